The Balaban J connectivity index is 2.42. The number of unbranched alkanes of at least 4 members (excludes halogenated alkanes) is 1. The number of anilines is 2. The normalized spacial score (nSPS) is 10.9. The van der Waals surface area contributed by atoms with Crippen LogP contribution in [0.25, 0.3) is 0 Å². The zero-order valence-corrected chi connectivity index (χ0v) is 10.4. The summed E-state index contributed by atoms with van der Waals surface area (Å²) in [6.45, 7) is 4.89. The third-order valence-corrected chi connectivity index (χ3v) is 2.57. The molecule has 0 amide bonds. The van der Waals surface area contributed by atoms with Crippen molar-refractivity contribution < 1.29 is 8.78 Å². The van der Waals surface area contributed by atoms with Gasteiger partial charge in [-0.3, -0.25) is 0 Å². The van der Waals surface area contributed by atoms with Crippen LogP contribution in [0.15, 0.2) is 12.1 Å². The van der Waals surface area contributed by atoms with Gasteiger partial charge in [-0.25, -0.2) is 8.78 Å². The summed E-state index contributed by atoms with van der Waals surface area (Å²) < 4.78 is 26.7. The van der Waals surface area contributed by atoms with Gasteiger partial charge in [0.15, 0.2) is 11.6 Å². The van der Waals surface area contributed by atoms with Gasteiger partial charge in [-0.15, -0.1) is 0 Å². The Morgan fingerprint density at radius 3 is 2.29 bits per heavy atom. The summed E-state index contributed by atoms with van der Waals surface area (Å²) in [5.74, 6) is -0.599. The average Bonchev–Trinajstić information content (AvgIpc) is 2.20. The first-order chi connectivity index (χ1) is 8.00. The molecule has 0 atom stereocenters. The summed E-state index contributed by atoms with van der Waals surface area (Å²) in [4.78, 5) is 0. The van der Waals surface area contributed by atoms with Crippen molar-refractivity contribution in [3.8, 4) is 0 Å². The van der Waals surface area contributed by atoms with E-state index in [2.05, 4.69) is 19.2 Å². The lowest BCUT2D eigenvalue weighted by atomic mass is 10.1. The Labute approximate surface area is 101 Å². The summed E-state index contributed by atoms with van der Waals surface area (Å²) in [5.41, 5.74) is 5.35. The van der Waals surface area contributed by atoms with E-state index < -0.39 is 11.6 Å². The van der Waals surface area contributed by atoms with E-state index in [0.717, 1.165) is 31.4 Å². The minimum absolute atomic E-state index is 0.0799. The lowest BCUT2D eigenvalue weighted by molar-refractivity contribution is 0.542. The molecule has 96 valence electrons. The molecule has 0 fully saturated rings. The molecular weight excluding hydrogens is 222 g/mol. The molecular formula is C13H20F2N2. The van der Waals surface area contributed by atoms with Gasteiger partial charge in [-0.1, -0.05) is 26.7 Å². The molecule has 1 aromatic carbocycles. The Kier molecular flexibility index (Phi) is 5.19. The highest BCUT2D eigenvalue weighted by Crippen LogP contribution is 2.21. The molecule has 1 aromatic rings. The van der Waals surface area contributed by atoms with Crippen LogP contribution in [0, 0.1) is 17.6 Å². The second-order valence-corrected chi connectivity index (χ2v) is 4.68. The molecule has 3 N–H and O–H groups in total. The van der Waals surface area contributed by atoms with E-state index in [4.69, 9.17) is 5.73 Å². The standard InChI is InChI=1S/C13H20F2N2/c1-9(2)5-3-4-6-17-13-11(14)7-10(16)8-12(13)15/h7-9,17H,3-6,16H2,1-2H3. The molecule has 2 nitrogen and oxygen atoms in total. The van der Waals surface area contributed by atoms with E-state index in [9.17, 15) is 8.78 Å². The van der Waals surface area contributed by atoms with E-state index in [0.29, 0.717) is 12.5 Å². The smallest absolute Gasteiger partial charge is 0.151 e. The first-order valence-corrected chi connectivity index (χ1v) is 5.99. The van der Waals surface area contributed by atoms with Crippen LogP contribution in [0.3, 0.4) is 0 Å². The summed E-state index contributed by atoms with van der Waals surface area (Å²) in [5, 5.41) is 2.78. The molecule has 0 unspecified atom stereocenters. The van der Waals surface area contributed by atoms with Crippen molar-refractivity contribution in [2.75, 3.05) is 17.6 Å². The molecule has 0 saturated heterocycles. The molecule has 0 aliphatic carbocycles. The third-order valence-electron chi connectivity index (χ3n) is 2.57. The maximum atomic E-state index is 13.4. The zero-order chi connectivity index (χ0) is 12.8. The second-order valence-electron chi connectivity index (χ2n) is 4.68. The Bertz CT molecular complexity index is 341. The minimum Gasteiger partial charge on any atom is -0.399 e. The predicted octanol–water partition coefficient (Wildman–Crippen LogP) is 3.79. The van der Waals surface area contributed by atoms with Crippen molar-refractivity contribution in [1.82, 2.24) is 0 Å². The van der Waals surface area contributed by atoms with Gasteiger partial charge in [0, 0.05) is 12.2 Å². The van der Waals surface area contributed by atoms with Gasteiger partial charge in [0.1, 0.15) is 5.69 Å². The van der Waals surface area contributed by atoms with Crippen molar-refractivity contribution in [3.05, 3.63) is 23.8 Å². The van der Waals surface area contributed by atoms with Crippen molar-refractivity contribution in [3.63, 3.8) is 0 Å². The number of rotatable bonds is 6. The highest BCUT2D eigenvalue weighted by molar-refractivity contribution is 5.53. The second kappa shape index (κ2) is 6.42. The first-order valence-electron chi connectivity index (χ1n) is 5.99. The topological polar surface area (TPSA) is 38.0 Å². The van der Waals surface area contributed by atoms with E-state index in [1.165, 1.54) is 0 Å². The quantitative estimate of drug-likeness (QED) is 0.588. The van der Waals surface area contributed by atoms with Gasteiger partial charge in [0.05, 0.1) is 0 Å². The number of nitrogens with two attached hydrogens (primary N) is 1. The molecule has 17 heavy (non-hydrogen) atoms. The van der Waals surface area contributed by atoms with Gasteiger partial charge < -0.3 is 11.1 Å². The van der Waals surface area contributed by atoms with Crippen molar-refractivity contribution in [2.24, 2.45) is 5.92 Å². The van der Waals surface area contributed by atoms with E-state index in [-0.39, 0.29) is 11.4 Å². The maximum Gasteiger partial charge on any atom is 0.151 e. The molecule has 0 spiro atoms. The number of hydrogen-bond acceptors (Lipinski definition) is 2. The third kappa shape index (κ3) is 4.59. The molecule has 4 heteroatoms. The van der Waals surface area contributed by atoms with Crippen molar-refractivity contribution in [2.45, 2.75) is 33.1 Å². The Morgan fingerprint density at radius 2 is 1.76 bits per heavy atom. The fourth-order valence-electron chi connectivity index (χ4n) is 1.65. The van der Waals surface area contributed by atoms with Crippen LogP contribution in [0.2, 0.25) is 0 Å². The van der Waals surface area contributed by atoms with Crippen LogP contribution < -0.4 is 11.1 Å². The molecule has 0 aliphatic rings. The van der Waals surface area contributed by atoms with Crippen LogP contribution in [0.5, 0.6) is 0 Å². The van der Waals surface area contributed by atoms with Gasteiger partial charge in [0.25, 0.3) is 0 Å². The largest absolute Gasteiger partial charge is 0.399 e. The fraction of sp³-hybridized carbons (Fsp3) is 0.538. The molecule has 1 rings (SSSR count). The van der Waals surface area contributed by atoms with Gasteiger partial charge in [-0.2, -0.15) is 0 Å². The van der Waals surface area contributed by atoms with Gasteiger partial charge >= 0.3 is 0 Å². The van der Waals surface area contributed by atoms with Crippen LogP contribution in [-0.4, -0.2) is 6.54 Å². The lowest BCUT2D eigenvalue weighted by Crippen LogP contribution is -2.06. The van der Waals surface area contributed by atoms with E-state index in [1.54, 1.807) is 0 Å². The van der Waals surface area contributed by atoms with Crippen LogP contribution >= 0.6 is 0 Å². The average molecular weight is 242 g/mol. The Morgan fingerprint density at radius 1 is 1.18 bits per heavy atom. The molecule has 0 aromatic heterocycles. The molecule has 0 radical (unpaired) electrons. The minimum atomic E-state index is -0.633. The Hall–Kier alpha value is -1.32. The predicted molar refractivity (Wildman–Crippen MR) is 67.9 cm³/mol. The van der Waals surface area contributed by atoms with Crippen molar-refractivity contribution in [1.29, 1.82) is 0 Å². The molecule has 0 aliphatic heterocycles. The van der Waals surface area contributed by atoms with Gasteiger partial charge in [0.2, 0.25) is 0 Å². The maximum absolute atomic E-state index is 13.4. The number of nitrogen functional groups attached to an aromatic ring is 1. The SMILES string of the molecule is CC(C)CCCCNc1c(F)cc(N)cc1F. The summed E-state index contributed by atoms with van der Waals surface area (Å²) >= 11 is 0. The lowest BCUT2D eigenvalue weighted by Gasteiger charge is -2.10. The van der Waals surface area contributed by atoms with Crippen LogP contribution in [0.4, 0.5) is 20.2 Å². The van der Waals surface area contributed by atoms with Crippen LogP contribution in [-0.2, 0) is 0 Å². The molecule has 0 saturated carbocycles. The molecule has 0 heterocycles. The summed E-state index contributed by atoms with van der Waals surface area (Å²) in [6, 6.07) is 2.25. The first kappa shape index (κ1) is 13.7. The fourth-order valence-corrected chi connectivity index (χ4v) is 1.65. The summed E-state index contributed by atoms with van der Waals surface area (Å²) in [7, 11) is 0. The number of hydrogen-bond donors (Lipinski definition) is 2. The van der Waals surface area contributed by atoms with Crippen molar-refractivity contribution >= 4 is 11.4 Å². The summed E-state index contributed by atoms with van der Waals surface area (Å²) in [6.07, 6.45) is 3.10. The zero-order valence-electron chi connectivity index (χ0n) is 10.4. The highest BCUT2D eigenvalue weighted by Gasteiger charge is 2.09. The highest BCUT2D eigenvalue weighted by atomic mass is 19.1. The number of nitrogens with one attached hydrogen (secondary N) is 1. The van der Waals surface area contributed by atoms with Gasteiger partial charge in [-0.05, 0) is 24.5 Å². The van der Waals surface area contributed by atoms with E-state index >= 15 is 0 Å². The monoisotopic (exact) mass is 242 g/mol. The van der Waals surface area contributed by atoms with E-state index in [1.807, 2.05) is 0 Å². The molecule has 0 bridgehead atoms. The number of benzene rings is 1. The number of halogens is 2. The van der Waals surface area contributed by atoms with Crippen LogP contribution in [0.1, 0.15) is 33.1 Å².